The Bertz CT molecular complexity index is 512. The summed E-state index contributed by atoms with van der Waals surface area (Å²) in [5.74, 6) is 0. The van der Waals surface area contributed by atoms with Gasteiger partial charge in [0.15, 0.2) is 0 Å². The smallest absolute Gasteiger partial charge is 0.407 e. The fraction of sp³-hybridized carbons (Fsp3) is 0.462. The Morgan fingerprint density at radius 2 is 2.10 bits per heavy atom. The van der Waals surface area contributed by atoms with E-state index in [9.17, 15) is 14.9 Å². The van der Waals surface area contributed by atoms with Crippen LogP contribution in [0.3, 0.4) is 0 Å². The van der Waals surface area contributed by atoms with Crippen LogP contribution in [0.5, 0.6) is 0 Å². The highest BCUT2D eigenvalue weighted by Gasteiger charge is 2.17. The molecule has 1 aromatic carbocycles. The number of halogens is 1. The number of benzene rings is 1. The molecule has 0 saturated carbocycles. The van der Waals surface area contributed by atoms with E-state index in [0.29, 0.717) is 16.5 Å². The van der Waals surface area contributed by atoms with Gasteiger partial charge in [-0.05, 0) is 33.3 Å². The fourth-order valence-electron chi connectivity index (χ4n) is 1.53. The summed E-state index contributed by atoms with van der Waals surface area (Å²) >= 11 is 3.19. The Morgan fingerprint density at radius 1 is 1.45 bits per heavy atom. The van der Waals surface area contributed by atoms with Gasteiger partial charge in [-0.15, -0.1) is 0 Å². The molecule has 0 saturated heterocycles. The first-order valence-corrected chi connectivity index (χ1v) is 6.88. The van der Waals surface area contributed by atoms with Gasteiger partial charge in [0, 0.05) is 22.6 Å². The first kappa shape index (κ1) is 16.4. The molecule has 0 unspecified atom stereocenters. The van der Waals surface area contributed by atoms with Crippen LogP contribution in [-0.4, -0.2) is 23.2 Å². The Kier molecular flexibility index (Phi) is 5.50. The highest BCUT2D eigenvalue weighted by atomic mass is 79.9. The van der Waals surface area contributed by atoms with Crippen molar-refractivity contribution in [3.8, 4) is 0 Å². The second-order valence-electron chi connectivity index (χ2n) is 5.21. The average Bonchev–Trinajstić information content (AvgIpc) is 2.28. The molecule has 0 aromatic heterocycles. The van der Waals surface area contributed by atoms with Gasteiger partial charge in [-0.2, -0.15) is 0 Å². The molecule has 0 bridgehead atoms. The van der Waals surface area contributed by atoms with Gasteiger partial charge in [0.05, 0.1) is 4.92 Å². The summed E-state index contributed by atoms with van der Waals surface area (Å²) in [6.45, 7) is 5.59. The number of nitrogens with one attached hydrogen (secondary N) is 1. The second kappa shape index (κ2) is 6.69. The highest BCUT2D eigenvalue weighted by Crippen LogP contribution is 2.23. The first-order valence-electron chi connectivity index (χ1n) is 6.09. The summed E-state index contributed by atoms with van der Waals surface area (Å²) in [4.78, 5) is 21.9. The van der Waals surface area contributed by atoms with Gasteiger partial charge in [-0.3, -0.25) is 10.1 Å². The van der Waals surface area contributed by atoms with E-state index in [2.05, 4.69) is 21.2 Å². The van der Waals surface area contributed by atoms with Crippen molar-refractivity contribution < 1.29 is 14.5 Å². The predicted octanol–water partition coefficient (Wildman–Crippen LogP) is 3.42. The maximum Gasteiger partial charge on any atom is 0.407 e. The minimum Gasteiger partial charge on any atom is -0.444 e. The first-order chi connectivity index (χ1) is 9.19. The predicted molar refractivity (Wildman–Crippen MR) is 78.7 cm³/mol. The van der Waals surface area contributed by atoms with E-state index in [1.807, 2.05) is 0 Å². The lowest BCUT2D eigenvalue weighted by molar-refractivity contribution is -0.385. The summed E-state index contributed by atoms with van der Waals surface area (Å²) in [6.07, 6.45) is -0.166. The van der Waals surface area contributed by atoms with Crippen LogP contribution in [0, 0.1) is 10.1 Å². The molecule has 0 spiro atoms. The van der Waals surface area contributed by atoms with Crippen molar-refractivity contribution in [3.05, 3.63) is 38.3 Å². The molecule has 6 nitrogen and oxygen atoms in total. The molecule has 0 atom stereocenters. The van der Waals surface area contributed by atoms with Crippen molar-refractivity contribution in [2.24, 2.45) is 0 Å². The average molecular weight is 345 g/mol. The number of nitro groups is 1. The van der Waals surface area contributed by atoms with E-state index < -0.39 is 16.6 Å². The standard InChI is InChI=1S/C13H17BrN2O4/c1-13(2,3)20-12(17)15-7-6-9-4-5-10(14)8-11(9)16(18)19/h4-5,8H,6-7H2,1-3H3,(H,15,17). The van der Waals surface area contributed by atoms with Crippen LogP contribution in [0.15, 0.2) is 22.7 Å². The monoisotopic (exact) mass is 344 g/mol. The number of carbonyl (C=O) groups is 1. The van der Waals surface area contributed by atoms with Crippen LogP contribution in [-0.2, 0) is 11.2 Å². The largest absolute Gasteiger partial charge is 0.444 e. The van der Waals surface area contributed by atoms with E-state index in [4.69, 9.17) is 4.74 Å². The van der Waals surface area contributed by atoms with Crippen LogP contribution in [0.25, 0.3) is 0 Å². The highest BCUT2D eigenvalue weighted by molar-refractivity contribution is 9.10. The van der Waals surface area contributed by atoms with Gasteiger partial charge in [-0.25, -0.2) is 4.79 Å². The normalized spacial score (nSPS) is 11.0. The lowest BCUT2D eigenvalue weighted by atomic mass is 10.1. The molecule has 20 heavy (non-hydrogen) atoms. The lowest BCUT2D eigenvalue weighted by Gasteiger charge is -2.19. The number of carbonyl (C=O) groups excluding carboxylic acids is 1. The van der Waals surface area contributed by atoms with Gasteiger partial charge in [0.1, 0.15) is 5.60 Å². The Labute approximate surface area is 125 Å². The van der Waals surface area contributed by atoms with Gasteiger partial charge in [-0.1, -0.05) is 22.0 Å². The van der Waals surface area contributed by atoms with Crippen LogP contribution in [0.2, 0.25) is 0 Å². The number of amides is 1. The molecular weight excluding hydrogens is 328 g/mol. The Balaban J connectivity index is 2.58. The van der Waals surface area contributed by atoms with Crippen LogP contribution in [0.1, 0.15) is 26.3 Å². The molecule has 0 aliphatic carbocycles. The molecule has 0 fully saturated rings. The topological polar surface area (TPSA) is 81.5 Å². The quantitative estimate of drug-likeness (QED) is 0.670. The van der Waals surface area contributed by atoms with Crippen LogP contribution < -0.4 is 5.32 Å². The van der Waals surface area contributed by atoms with E-state index in [1.54, 1.807) is 32.9 Å². The summed E-state index contributed by atoms with van der Waals surface area (Å²) in [6, 6.07) is 4.84. The number of nitrogens with zero attached hydrogens (tertiary/aromatic N) is 1. The van der Waals surface area contributed by atoms with Gasteiger partial charge in [0.2, 0.25) is 0 Å². The van der Waals surface area contributed by atoms with Gasteiger partial charge >= 0.3 is 6.09 Å². The molecular formula is C13H17BrN2O4. The summed E-state index contributed by atoms with van der Waals surface area (Å²) < 4.78 is 5.73. The number of nitro benzene ring substituents is 1. The molecule has 1 N–H and O–H groups in total. The SMILES string of the molecule is CC(C)(C)OC(=O)NCCc1ccc(Br)cc1[N+](=O)[O-]. The number of rotatable bonds is 4. The van der Waals surface area contributed by atoms with E-state index in [-0.39, 0.29) is 12.2 Å². The van der Waals surface area contributed by atoms with Gasteiger partial charge in [0.25, 0.3) is 5.69 Å². The number of hydrogen-bond donors (Lipinski definition) is 1. The molecule has 0 aliphatic heterocycles. The molecule has 1 rings (SSSR count). The van der Waals surface area contributed by atoms with E-state index in [1.165, 1.54) is 6.07 Å². The van der Waals surface area contributed by atoms with Crippen molar-refractivity contribution in [1.82, 2.24) is 5.32 Å². The third-order valence-corrected chi connectivity index (χ3v) is 2.80. The molecule has 110 valence electrons. The maximum atomic E-state index is 11.4. The zero-order valence-electron chi connectivity index (χ0n) is 11.6. The lowest BCUT2D eigenvalue weighted by Crippen LogP contribution is -2.33. The number of hydrogen-bond acceptors (Lipinski definition) is 4. The van der Waals surface area contributed by atoms with Crippen LogP contribution in [0.4, 0.5) is 10.5 Å². The molecule has 7 heteroatoms. The third-order valence-electron chi connectivity index (χ3n) is 2.31. The van der Waals surface area contributed by atoms with Crippen molar-refractivity contribution in [2.45, 2.75) is 32.8 Å². The second-order valence-corrected chi connectivity index (χ2v) is 6.12. The summed E-state index contributed by atoms with van der Waals surface area (Å²) in [5, 5.41) is 13.5. The van der Waals surface area contributed by atoms with Gasteiger partial charge < -0.3 is 10.1 Å². The molecule has 0 aliphatic rings. The third kappa shape index (κ3) is 5.56. The van der Waals surface area contributed by atoms with Crippen molar-refractivity contribution in [1.29, 1.82) is 0 Å². The minimum atomic E-state index is -0.562. The van der Waals surface area contributed by atoms with E-state index in [0.717, 1.165) is 0 Å². The Morgan fingerprint density at radius 3 is 2.65 bits per heavy atom. The van der Waals surface area contributed by atoms with Crippen molar-refractivity contribution in [3.63, 3.8) is 0 Å². The fourth-order valence-corrected chi connectivity index (χ4v) is 1.88. The molecule has 0 radical (unpaired) electrons. The Hall–Kier alpha value is -1.63. The van der Waals surface area contributed by atoms with Crippen molar-refractivity contribution in [2.75, 3.05) is 6.54 Å². The maximum absolute atomic E-state index is 11.4. The summed E-state index contributed by atoms with van der Waals surface area (Å²) in [7, 11) is 0. The number of alkyl carbamates (subject to hydrolysis) is 1. The number of ether oxygens (including phenoxy) is 1. The minimum absolute atomic E-state index is 0.0327. The van der Waals surface area contributed by atoms with E-state index >= 15 is 0 Å². The molecule has 0 heterocycles. The molecule has 1 amide bonds. The van der Waals surface area contributed by atoms with Crippen LogP contribution >= 0.6 is 15.9 Å². The van der Waals surface area contributed by atoms with Crippen molar-refractivity contribution >= 4 is 27.7 Å². The molecule has 1 aromatic rings. The zero-order chi connectivity index (χ0) is 15.3. The zero-order valence-corrected chi connectivity index (χ0v) is 13.2. The summed E-state index contributed by atoms with van der Waals surface area (Å²) in [5.41, 5.74) is 0.0351.